The Balaban J connectivity index is 0.000000293. The molecule has 0 spiro atoms. The van der Waals surface area contributed by atoms with Crippen molar-refractivity contribution < 1.29 is 77.0 Å². The van der Waals surface area contributed by atoms with Crippen molar-refractivity contribution in [2.75, 3.05) is 13.2 Å². The number of carbonyl (C=O) groups is 2. The smallest absolute Gasteiger partial charge is 0.187 e. The van der Waals surface area contributed by atoms with E-state index < -0.39 is 74.5 Å². The largest absolute Gasteiger partial charge is 0.394 e. The summed E-state index contributed by atoms with van der Waals surface area (Å²) in [6.07, 6.45) is 2.07. The van der Waals surface area contributed by atoms with E-state index in [1.807, 2.05) is 0 Å². The Morgan fingerprint density at radius 1 is 0.651 bits per heavy atom. The van der Waals surface area contributed by atoms with Gasteiger partial charge in [0.1, 0.15) is 48.7 Å². The molecule has 0 bridgehead atoms. The van der Waals surface area contributed by atoms with Gasteiger partial charge in [0.25, 0.3) is 0 Å². The van der Waals surface area contributed by atoms with Gasteiger partial charge in [-0.15, -0.1) is 0 Å². The van der Waals surface area contributed by atoms with Gasteiger partial charge < -0.3 is 61.0 Å². The Kier molecular flexibility index (Phi) is 14.1. The summed E-state index contributed by atoms with van der Waals surface area (Å²) < 4.78 is 10.0. The van der Waals surface area contributed by atoms with Crippen LogP contribution in [0.5, 0.6) is 0 Å². The van der Waals surface area contributed by atoms with Crippen LogP contribution in [0, 0.1) is 0 Å². The number of hydrogen-bond donors (Lipinski definition) is 10. The second kappa shape index (κ2) is 16.5. The average Bonchev–Trinajstić information content (AvgIpc) is 2.94. The normalized spacial score (nSPS) is 37.6. The summed E-state index contributed by atoms with van der Waals surface area (Å²) >= 11 is 0. The van der Waals surface area contributed by atoms with Gasteiger partial charge in [0.2, 0.25) is 0 Å². The first-order chi connectivity index (χ1) is 19.9. The number of hydrogen-bond acceptors (Lipinski definition) is 14. The van der Waals surface area contributed by atoms with Crippen LogP contribution in [0.2, 0.25) is 0 Å². The van der Waals surface area contributed by atoms with E-state index in [0.29, 0.717) is 11.1 Å². The van der Waals surface area contributed by atoms with E-state index in [2.05, 4.69) is 10.6 Å². The third kappa shape index (κ3) is 9.25. The van der Waals surface area contributed by atoms with E-state index in [1.54, 1.807) is 38.2 Å². The molecule has 2 aliphatic heterocycles. The third-order valence-corrected chi connectivity index (χ3v) is 7.00. The number of aliphatic hydroxyl groups excluding tert-OH is 8. The molecule has 43 heavy (non-hydrogen) atoms. The predicted molar refractivity (Wildman–Crippen MR) is 146 cm³/mol. The van der Waals surface area contributed by atoms with Gasteiger partial charge in [-0.05, 0) is 49.3 Å². The zero-order valence-corrected chi connectivity index (χ0v) is 24.3. The molecule has 4 aliphatic rings. The second-order valence-electron chi connectivity index (χ2n) is 10.2. The molecule has 2 saturated heterocycles. The molecular weight excluding hydrogens is 620 g/mol. The number of ether oxygens (including phenoxy) is 2. The van der Waals surface area contributed by atoms with E-state index in [1.165, 1.54) is 24.6 Å². The molecule has 0 aromatic rings. The molecule has 0 aromatic carbocycles. The van der Waals surface area contributed by atoms with Crippen LogP contribution in [0.1, 0.15) is 13.8 Å². The topological polar surface area (TPSA) is 238 Å². The Morgan fingerprint density at radius 2 is 1.00 bits per heavy atom. The van der Waals surface area contributed by atoms with Gasteiger partial charge >= 0.3 is 0 Å². The summed E-state index contributed by atoms with van der Waals surface area (Å²) in [6, 6.07) is -2.02. The maximum absolute atomic E-state index is 11.7. The number of nitrogens with one attached hydrogen (secondary N) is 2. The Bertz CT molecular complexity index is 1090. The molecule has 0 aromatic heterocycles. The fourth-order valence-electron chi connectivity index (χ4n) is 4.45. The van der Waals surface area contributed by atoms with Crippen molar-refractivity contribution in [2.45, 2.75) is 75.1 Å². The van der Waals surface area contributed by atoms with Crippen LogP contribution in [0.15, 0.2) is 71.1 Å². The number of rotatable bonds is 6. The van der Waals surface area contributed by atoms with Crippen LogP contribution in [0.25, 0.3) is 0 Å². The molecule has 10 atom stereocenters. The molecule has 10 N–H and O–H groups in total. The molecule has 2 aliphatic carbocycles. The zero-order valence-electron chi connectivity index (χ0n) is 23.3. The van der Waals surface area contributed by atoms with E-state index in [9.17, 15) is 40.2 Å². The number of ketones is 2. The van der Waals surface area contributed by atoms with Crippen LogP contribution in [-0.4, -0.2) is 127 Å². The number of carbonyl (C=O) groups excluding carboxylic acids is 2. The van der Waals surface area contributed by atoms with Crippen molar-refractivity contribution in [3.8, 4) is 0 Å². The monoisotopic (exact) mass is 657 g/mol. The van der Waals surface area contributed by atoms with Gasteiger partial charge in [0, 0.05) is 40.6 Å². The standard InChI is InChI=1S/2C14H19NO6.Cu/c2*1-7-2-3-8(9(17)4-7)5-15-11-13(19)12(18)10(6-16)21-14(11)20;/h2*2-5,10-16,18-20H,6H2,1H3;/b8-5+;8-5-;/t2*10-,11-,12-,13-,14?;/m11./s1. The van der Waals surface area contributed by atoms with E-state index >= 15 is 0 Å². The van der Waals surface area contributed by atoms with Crippen molar-refractivity contribution in [3.63, 3.8) is 0 Å². The van der Waals surface area contributed by atoms with Crippen molar-refractivity contribution >= 4 is 11.6 Å². The van der Waals surface area contributed by atoms with E-state index in [-0.39, 0.29) is 28.6 Å². The molecule has 0 saturated carbocycles. The van der Waals surface area contributed by atoms with Crippen molar-refractivity contribution in [1.29, 1.82) is 0 Å². The average molecular weight is 658 g/mol. The molecule has 1 radical (unpaired) electrons. The number of aliphatic hydroxyl groups is 8. The fourth-order valence-corrected chi connectivity index (χ4v) is 4.45. The molecule has 2 unspecified atom stereocenters. The van der Waals surface area contributed by atoms with Gasteiger partial charge in [-0.3, -0.25) is 9.59 Å². The summed E-state index contributed by atoms with van der Waals surface area (Å²) in [5, 5.41) is 82.3. The predicted octanol–water partition coefficient (Wildman–Crippen LogP) is -3.31. The number of allylic oxidation sites excluding steroid dienone is 10. The summed E-state index contributed by atoms with van der Waals surface area (Å²) in [5.41, 5.74) is 2.39. The van der Waals surface area contributed by atoms with Crippen molar-refractivity contribution in [1.82, 2.24) is 10.6 Å². The molecule has 2 fully saturated rings. The Labute approximate surface area is 258 Å². The molecule has 0 amide bonds. The molecular formula is C28H38CuN2O12. The minimum absolute atomic E-state index is 0. The first-order valence-electron chi connectivity index (χ1n) is 13.2. The molecule has 15 heteroatoms. The zero-order chi connectivity index (χ0) is 31.1. The summed E-state index contributed by atoms with van der Waals surface area (Å²) in [4.78, 5) is 23.5. The maximum atomic E-state index is 11.7. The first-order valence-corrected chi connectivity index (χ1v) is 13.2. The van der Waals surface area contributed by atoms with Crippen LogP contribution in [0.4, 0.5) is 0 Å². The van der Waals surface area contributed by atoms with Gasteiger partial charge in [0.15, 0.2) is 24.1 Å². The molecule has 4 rings (SSSR count). The second-order valence-corrected chi connectivity index (χ2v) is 10.2. The summed E-state index contributed by atoms with van der Waals surface area (Å²) in [7, 11) is 0. The third-order valence-electron chi connectivity index (χ3n) is 7.00. The SMILES string of the molecule is CC1=CC(=O)/C(=C/N[C@H]2C(O)O[C@H](CO)[C@@H](O)[C@@H]2O)C=C1.CC1=CC(=O)/C(=C\N[C@H]2C(O)O[C@H](CO)[C@@H](O)[C@@H]2O)C=C1.[Cu]. The molecule has 243 valence electrons. The van der Waals surface area contributed by atoms with Crippen LogP contribution in [0.3, 0.4) is 0 Å². The van der Waals surface area contributed by atoms with E-state index in [4.69, 9.17) is 19.7 Å². The maximum Gasteiger partial charge on any atom is 0.187 e. The molecule has 14 nitrogen and oxygen atoms in total. The van der Waals surface area contributed by atoms with E-state index in [0.717, 1.165) is 11.1 Å². The minimum atomic E-state index is -1.42. The van der Waals surface area contributed by atoms with Crippen LogP contribution >= 0.6 is 0 Å². The van der Waals surface area contributed by atoms with Gasteiger partial charge in [-0.1, -0.05) is 12.2 Å². The Morgan fingerprint density at radius 3 is 1.30 bits per heavy atom. The minimum Gasteiger partial charge on any atom is -0.394 e. The molecule has 2 heterocycles. The van der Waals surface area contributed by atoms with Crippen molar-refractivity contribution in [2.24, 2.45) is 0 Å². The first kappa shape index (κ1) is 36.7. The summed E-state index contributed by atoms with van der Waals surface area (Å²) in [6.45, 7) is 2.56. The van der Waals surface area contributed by atoms with Crippen molar-refractivity contribution in [3.05, 3.63) is 71.1 Å². The Hall–Kier alpha value is -2.50. The van der Waals surface area contributed by atoms with Crippen LogP contribution in [-0.2, 0) is 36.1 Å². The fraction of sp³-hybridized carbons (Fsp3) is 0.500. The van der Waals surface area contributed by atoms with Gasteiger partial charge in [-0.2, -0.15) is 0 Å². The van der Waals surface area contributed by atoms with Crippen LogP contribution < -0.4 is 10.6 Å². The summed E-state index contributed by atoms with van der Waals surface area (Å²) in [5.74, 6) is -0.394. The van der Waals surface area contributed by atoms with Gasteiger partial charge in [0.05, 0.1) is 13.2 Å². The van der Waals surface area contributed by atoms with Gasteiger partial charge in [-0.25, -0.2) is 0 Å². The quantitative estimate of drug-likeness (QED) is 0.0994.